The van der Waals surface area contributed by atoms with E-state index in [0.29, 0.717) is 36.8 Å². The number of benzene rings is 2. The lowest BCUT2D eigenvalue weighted by Crippen LogP contribution is -2.52. The van der Waals surface area contributed by atoms with E-state index in [2.05, 4.69) is 15.1 Å². The van der Waals surface area contributed by atoms with Crippen molar-refractivity contribution in [2.45, 2.75) is 25.7 Å². The molecular formula is C22H24F3N3O3. The van der Waals surface area contributed by atoms with Crippen molar-refractivity contribution in [3.8, 4) is 11.5 Å². The fourth-order valence-electron chi connectivity index (χ4n) is 3.75. The Morgan fingerprint density at radius 2 is 1.71 bits per heavy atom. The smallest absolute Gasteiger partial charge is 0.416 e. The van der Waals surface area contributed by atoms with Crippen molar-refractivity contribution in [2.75, 3.05) is 38.3 Å². The lowest BCUT2D eigenvalue weighted by Gasteiger charge is -2.37. The van der Waals surface area contributed by atoms with Gasteiger partial charge in [-0.05, 0) is 36.8 Å². The fourth-order valence-corrected chi connectivity index (χ4v) is 3.75. The molecule has 4 rings (SSSR count). The molecule has 1 unspecified atom stereocenters. The molecule has 0 bridgehead atoms. The zero-order chi connectivity index (χ0) is 22.0. The maximum absolute atomic E-state index is 12.7. The molecule has 2 aliphatic rings. The number of halogens is 3. The summed E-state index contributed by atoms with van der Waals surface area (Å²) in [6, 6.07) is 10.3. The van der Waals surface area contributed by atoms with Crippen LogP contribution in [0.15, 0.2) is 42.5 Å². The highest BCUT2D eigenvalue weighted by Crippen LogP contribution is 2.34. The summed E-state index contributed by atoms with van der Waals surface area (Å²) in [6.07, 6.45) is -4.32. The van der Waals surface area contributed by atoms with Gasteiger partial charge in [0.05, 0.1) is 11.6 Å². The predicted octanol–water partition coefficient (Wildman–Crippen LogP) is 3.58. The van der Waals surface area contributed by atoms with Gasteiger partial charge in [0.25, 0.3) is 0 Å². The molecule has 166 valence electrons. The van der Waals surface area contributed by atoms with Gasteiger partial charge in [0, 0.05) is 44.5 Å². The van der Waals surface area contributed by atoms with Crippen LogP contribution in [0.4, 0.5) is 18.9 Å². The van der Waals surface area contributed by atoms with Crippen LogP contribution in [0.2, 0.25) is 0 Å². The lowest BCUT2D eigenvalue weighted by atomic mass is 10.1. The van der Waals surface area contributed by atoms with Gasteiger partial charge < -0.3 is 14.8 Å². The van der Waals surface area contributed by atoms with Crippen LogP contribution < -0.4 is 14.8 Å². The first kappa shape index (κ1) is 21.5. The standard InChI is InChI=1S/C22H24F3N3O3/c1-15(21(29)26-18-6-7-19-20(12-18)31-14-30-19)28-10-8-27(9-11-28)13-16-2-4-17(5-3-16)22(23,24)25/h2-7,12,15H,8-11,13-14H2,1H3,(H,26,29). The molecule has 0 aliphatic carbocycles. The molecule has 0 radical (unpaired) electrons. The van der Waals surface area contributed by atoms with Crippen molar-refractivity contribution >= 4 is 11.6 Å². The van der Waals surface area contributed by atoms with Crippen LogP contribution in [0.25, 0.3) is 0 Å². The van der Waals surface area contributed by atoms with Gasteiger partial charge >= 0.3 is 6.18 Å². The molecule has 2 aromatic rings. The molecule has 6 nitrogen and oxygen atoms in total. The third kappa shape index (κ3) is 5.11. The molecule has 1 amide bonds. The van der Waals surface area contributed by atoms with E-state index in [9.17, 15) is 18.0 Å². The lowest BCUT2D eigenvalue weighted by molar-refractivity contribution is -0.137. The second-order valence-corrected chi connectivity index (χ2v) is 7.74. The Kier molecular flexibility index (Phi) is 6.06. The van der Waals surface area contributed by atoms with E-state index in [0.717, 1.165) is 30.8 Å². The highest BCUT2D eigenvalue weighted by atomic mass is 19.4. The first-order valence-electron chi connectivity index (χ1n) is 10.1. The summed E-state index contributed by atoms with van der Waals surface area (Å²) in [7, 11) is 0. The number of alkyl halides is 3. The molecule has 1 atom stereocenters. The predicted molar refractivity (Wildman–Crippen MR) is 109 cm³/mol. The number of carbonyl (C=O) groups excluding carboxylic acids is 1. The monoisotopic (exact) mass is 435 g/mol. The van der Waals surface area contributed by atoms with E-state index in [1.54, 1.807) is 18.2 Å². The van der Waals surface area contributed by atoms with E-state index in [-0.39, 0.29) is 18.7 Å². The van der Waals surface area contributed by atoms with Crippen LogP contribution in [-0.4, -0.2) is 54.7 Å². The molecule has 9 heteroatoms. The third-order valence-electron chi connectivity index (χ3n) is 5.66. The summed E-state index contributed by atoms with van der Waals surface area (Å²) in [5.74, 6) is 1.17. The number of piperazine rings is 1. The summed E-state index contributed by atoms with van der Waals surface area (Å²) in [4.78, 5) is 17.0. The van der Waals surface area contributed by atoms with Crippen molar-refractivity contribution < 1.29 is 27.4 Å². The zero-order valence-electron chi connectivity index (χ0n) is 17.1. The number of carbonyl (C=O) groups is 1. The Hall–Kier alpha value is -2.78. The molecule has 0 saturated carbocycles. The van der Waals surface area contributed by atoms with E-state index in [4.69, 9.17) is 9.47 Å². The normalized spacial score (nSPS) is 18.1. The topological polar surface area (TPSA) is 54.0 Å². The van der Waals surface area contributed by atoms with Gasteiger partial charge in [-0.15, -0.1) is 0 Å². The Balaban J connectivity index is 1.26. The maximum atomic E-state index is 12.7. The Morgan fingerprint density at radius 1 is 1.03 bits per heavy atom. The summed E-state index contributed by atoms with van der Waals surface area (Å²) in [5, 5.41) is 2.92. The van der Waals surface area contributed by atoms with Crippen LogP contribution >= 0.6 is 0 Å². The van der Waals surface area contributed by atoms with E-state index in [1.807, 2.05) is 6.92 Å². The van der Waals surface area contributed by atoms with E-state index in [1.165, 1.54) is 12.1 Å². The number of nitrogens with zero attached hydrogens (tertiary/aromatic N) is 2. The quantitative estimate of drug-likeness (QED) is 0.778. The third-order valence-corrected chi connectivity index (χ3v) is 5.66. The highest BCUT2D eigenvalue weighted by molar-refractivity contribution is 5.94. The SMILES string of the molecule is CC(C(=O)Nc1ccc2c(c1)OCO2)N1CCN(Cc2ccc(C(F)(F)F)cc2)CC1. The highest BCUT2D eigenvalue weighted by Gasteiger charge is 2.30. The number of anilines is 1. The number of amides is 1. The van der Waals surface area contributed by atoms with Crippen LogP contribution in [-0.2, 0) is 17.5 Å². The van der Waals surface area contributed by atoms with Crippen LogP contribution in [0.1, 0.15) is 18.1 Å². The molecule has 1 fully saturated rings. The van der Waals surface area contributed by atoms with Crippen LogP contribution in [0.5, 0.6) is 11.5 Å². The van der Waals surface area contributed by atoms with Gasteiger partial charge in [-0.2, -0.15) is 13.2 Å². The summed E-state index contributed by atoms with van der Waals surface area (Å²) < 4.78 is 48.7. The molecule has 0 aromatic heterocycles. The summed E-state index contributed by atoms with van der Waals surface area (Å²) >= 11 is 0. The number of ether oxygens (including phenoxy) is 2. The first-order chi connectivity index (χ1) is 14.8. The van der Waals surface area contributed by atoms with Crippen molar-refractivity contribution in [1.82, 2.24) is 9.80 Å². The Labute approximate surface area is 178 Å². The van der Waals surface area contributed by atoms with E-state index >= 15 is 0 Å². The van der Waals surface area contributed by atoms with Gasteiger partial charge in [-0.25, -0.2) is 0 Å². The van der Waals surface area contributed by atoms with Gasteiger partial charge in [-0.3, -0.25) is 14.6 Å². The largest absolute Gasteiger partial charge is 0.454 e. The molecule has 0 spiro atoms. The van der Waals surface area contributed by atoms with Gasteiger partial charge in [-0.1, -0.05) is 12.1 Å². The molecule has 2 heterocycles. The molecule has 1 saturated heterocycles. The second-order valence-electron chi connectivity index (χ2n) is 7.74. The molecule has 1 N–H and O–H groups in total. The second kappa shape index (κ2) is 8.76. The van der Waals surface area contributed by atoms with Crippen LogP contribution in [0.3, 0.4) is 0 Å². The maximum Gasteiger partial charge on any atom is 0.416 e. The van der Waals surface area contributed by atoms with Gasteiger partial charge in [0.15, 0.2) is 11.5 Å². The molecule has 31 heavy (non-hydrogen) atoms. The Bertz CT molecular complexity index is 926. The van der Waals surface area contributed by atoms with Crippen molar-refractivity contribution in [3.05, 3.63) is 53.6 Å². The van der Waals surface area contributed by atoms with Gasteiger partial charge in [0.2, 0.25) is 12.7 Å². The minimum atomic E-state index is -4.32. The zero-order valence-corrected chi connectivity index (χ0v) is 17.1. The number of nitrogens with one attached hydrogen (secondary N) is 1. The van der Waals surface area contributed by atoms with Crippen molar-refractivity contribution in [3.63, 3.8) is 0 Å². The Morgan fingerprint density at radius 3 is 2.39 bits per heavy atom. The molecular weight excluding hydrogens is 411 g/mol. The number of rotatable bonds is 5. The summed E-state index contributed by atoms with van der Waals surface area (Å²) in [5.41, 5.74) is 0.862. The number of hydrogen-bond acceptors (Lipinski definition) is 5. The minimum Gasteiger partial charge on any atom is -0.454 e. The number of fused-ring (bicyclic) bond motifs is 1. The van der Waals surface area contributed by atoms with E-state index < -0.39 is 11.7 Å². The van der Waals surface area contributed by atoms with Crippen molar-refractivity contribution in [1.29, 1.82) is 0 Å². The first-order valence-corrected chi connectivity index (χ1v) is 10.1. The van der Waals surface area contributed by atoms with Gasteiger partial charge in [0.1, 0.15) is 0 Å². The van der Waals surface area contributed by atoms with Crippen LogP contribution in [0, 0.1) is 0 Å². The van der Waals surface area contributed by atoms with Crippen molar-refractivity contribution in [2.24, 2.45) is 0 Å². The summed E-state index contributed by atoms with van der Waals surface area (Å²) in [6.45, 7) is 5.52. The molecule has 2 aromatic carbocycles. The number of hydrogen-bond donors (Lipinski definition) is 1. The average molecular weight is 435 g/mol. The molecule has 2 aliphatic heterocycles. The minimum absolute atomic E-state index is 0.102. The average Bonchev–Trinajstić information content (AvgIpc) is 3.21. The fraction of sp³-hybridized carbons (Fsp3) is 0.409.